The zero-order chi connectivity index (χ0) is 19.4. The van der Waals surface area contributed by atoms with Crippen molar-refractivity contribution in [3.63, 3.8) is 0 Å². The second-order valence-corrected chi connectivity index (χ2v) is 6.24. The normalized spacial score (nSPS) is 18.8. The summed E-state index contributed by atoms with van der Waals surface area (Å²) in [6, 6.07) is 4.95. The molecule has 1 aromatic rings. The molecule has 0 spiro atoms. The van der Waals surface area contributed by atoms with Crippen LogP contribution in [-0.4, -0.2) is 37.6 Å². The molecule has 0 aromatic heterocycles. The highest BCUT2D eigenvalue weighted by atomic mass is 16.5. The van der Waals surface area contributed by atoms with Crippen molar-refractivity contribution in [2.24, 2.45) is 5.92 Å². The van der Waals surface area contributed by atoms with Crippen molar-refractivity contribution < 1.29 is 23.8 Å². The number of esters is 1. The maximum absolute atomic E-state index is 12.9. The van der Waals surface area contributed by atoms with Crippen LogP contribution in [0.2, 0.25) is 0 Å². The lowest BCUT2D eigenvalue weighted by atomic mass is 9.97. The minimum absolute atomic E-state index is 0.0457. The molecule has 1 heterocycles. The molecule has 0 N–H and O–H groups in total. The van der Waals surface area contributed by atoms with E-state index >= 15 is 0 Å². The minimum Gasteiger partial charge on any atom is -0.493 e. The third-order valence-corrected chi connectivity index (χ3v) is 4.67. The fourth-order valence-electron chi connectivity index (χ4n) is 3.32. The molecular formula is C21H23NO5. The number of carbonyl (C=O) groups is 2. The molecule has 2 atom stereocenters. The lowest BCUT2D eigenvalue weighted by Gasteiger charge is -2.27. The summed E-state index contributed by atoms with van der Waals surface area (Å²) in [7, 11) is 2.91. The average molecular weight is 369 g/mol. The monoisotopic (exact) mass is 369 g/mol. The number of hydrogen-bond donors (Lipinski definition) is 0. The maximum atomic E-state index is 12.9. The van der Waals surface area contributed by atoms with Crippen molar-refractivity contribution in [1.29, 1.82) is 0 Å². The van der Waals surface area contributed by atoms with Crippen LogP contribution in [0.15, 0.2) is 54.3 Å². The fourth-order valence-corrected chi connectivity index (χ4v) is 3.32. The zero-order valence-corrected chi connectivity index (χ0v) is 15.7. The van der Waals surface area contributed by atoms with Crippen LogP contribution in [0.1, 0.15) is 24.9 Å². The Bertz CT molecular complexity index is 824. The van der Waals surface area contributed by atoms with Gasteiger partial charge in [0.1, 0.15) is 0 Å². The highest BCUT2D eigenvalue weighted by Crippen LogP contribution is 2.38. The van der Waals surface area contributed by atoms with Crippen molar-refractivity contribution in [2.75, 3.05) is 20.8 Å². The van der Waals surface area contributed by atoms with Crippen LogP contribution in [0, 0.1) is 5.92 Å². The van der Waals surface area contributed by atoms with Crippen LogP contribution in [0.4, 0.5) is 0 Å². The van der Waals surface area contributed by atoms with Crippen LogP contribution in [0.5, 0.6) is 11.5 Å². The van der Waals surface area contributed by atoms with E-state index in [0.717, 1.165) is 11.1 Å². The molecule has 0 bridgehead atoms. The van der Waals surface area contributed by atoms with E-state index in [2.05, 4.69) is 0 Å². The van der Waals surface area contributed by atoms with Gasteiger partial charge in [-0.3, -0.25) is 9.59 Å². The molecule has 0 fully saturated rings. The molecule has 1 amide bonds. The molecule has 27 heavy (non-hydrogen) atoms. The summed E-state index contributed by atoms with van der Waals surface area (Å²) in [6.45, 7) is 2.36. The van der Waals surface area contributed by atoms with Gasteiger partial charge in [-0.2, -0.15) is 0 Å². The van der Waals surface area contributed by atoms with Gasteiger partial charge in [-0.25, -0.2) is 0 Å². The molecule has 1 aliphatic carbocycles. The van der Waals surface area contributed by atoms with E-state index < -0.39 is 6.04 Å². The van der Waals surface area contributed by atoms with Crippen LogP contribution < -0.4 is 9.47 Å². The predicted octanol–water partition coefficient (Wildman–Crippen LogP) is 3.17. The van der Waals surface area contributed by atoms with Crippen LogP contribution >= 0.6 is 0 Å². The van der Waals surface area contributed by atoms with Crippen molar-refractivity contribution in [2.45, 2.75) is 19.4 Å². The van der Waals surface area contributed by atoms with Gasteiger partial charge in [-0.15, -0.1) is 0 Å². The third-order valence-electron chi connectivity index (χ3n) is 4.67. The molecule has 1 aliphatic heterocycles. The summed E-state index contributed by atoms with van der Waals surface area (Å²) in [6.07, 6.45) is 9.39. The van der Waals surface area contributed by atoms with Gasteiger partial charge >= 0.3 is 5.97 Å². The lowest BCUT2D eigenvalue weighted by Crippen LogP contribution is -2.31. The summed E-state index contributed by atoms with van der Waals surface area (Å²) in [4.78, 5) is 26.6. The largest absolute Gasteiger partial charge is 0.493 e. The molecule has 142 valence electrons. The summed E-state index contributed by atoms with van der Waals surface area (Å²) in [5.74, 6) is 0.418. The SMILES string of the molecule is CCOc1cc(C(CC(=O)OC)N2C=C3C=CC=CC3C2=O)ccc1OC. The molecule has 0 saturated carbocycles. The van der Waals surface area contributed by atoms with Crippen molar-refractivity contribution in [1.82, 2.24) is 4.90 Å². The van der Waals surface area contributed by atoms with Gasteiger partial charge in [0.2, 0.25) is 5.91 Å². The van der Waals surface area contributed by atoms with Gasteiger partial charge in [0.05, 0.1) is 39.2 Å². The predicted molar refractivity (Wildman–Crippen MR) is 100 cm³/mol. The molecule has 6 nitrogen and oxygen atoms in total. The topological polar surface area (TPSA) is 65.1 Å². The Morgan fingerprint density at radius 1 is 1.22 bits per heavy atom. The van der Waals surface area contributed by atoms with E-state index in [1.165, 1.54) is 7.11 Å². The number of nitrogens with zero attached hydrogens (tertiary/aromatic N) is 1. The Morgan fingerprint density at radius 3 is 2.70 bits per heavy atom. The Hall–Kier alpha value is -3.02. The molecule has 0 radical (unpaired) electrons. The summed E-state index contributed by atoms with van der Waals surface area (Å²) >= 11 is 0. The van der Waals surface area contributed by atoms with E-state index in [1.54, 1.807) is 18.1 Å². The molecule has 2 unspecified atom stereocenters. The number of ether oxygens (including phenoxy) is 3. The van der Waals surface area contributed by atoms with Gasteiger partial charge in [-0.1, -0.05) is 30.4 Å². The van der Waals surface area contributed by atoms with Crippen molar-refractivity contribution in [3.8, 4) is 11.5 Å². The second kappa shape index (κ2) is 8.12. The smallest absolute Gasteiger partial charge is 0.307 e. The Morgan fingerprint density at radius 2 is 2.04 bits per heavy atom. The fraction of sp³-hybridized carbons (Fsp3) is 0.333. The Balaban J connectivity index is 2.00. The molecule has 6 heteroatoms. The standard InChI is InChI=1S/C21H23NO5/c1-4-27-19-11-14(9-10-18(19)25-2)17(12-20(23)26-3)22-13-15-7-5-6-8-16(15)21(22)24/h5-11,13,16-17H,4,12H2,1-3H3. The van der Waals surface area contributed by atoms with Crippen molar-refractivity contribution in [3.05, 3.63) is 59.8 Å². The number of rotatable bonds is 7. The molecule has 0 saturated heterocycles. The number of carbonyl (C=O) groups excluding carboxylic acids is 2. The molecule has 3 rings (SSSR count). The Labute approximate surface area is 158 Å². The quantitative estimate of drug-likeness (QED) is 0.691. The van der Waals surface area contributed by atoms with Gasteiger partial charge in [0.25, 0.3) is 0 Å². The molecule has 1 aromatic carbocycles. The van der Waals surface area contributed by atoms with Crippen LogP contribution in [0.25, 0.3) is 0 Å². The zero-order valence-electron chi connectivity index (χ0n) is 15.7. The first kappa shape index (κ1) is 18.8. The first-order valence-electron chi connectivity index (χ1n) is 8.85. The highest BCUT2D eigenvalue weighted by molar-refractivity contribution is 5.90. The van der Waals surface area contributed by atoms with Crippen molar-refractivity contribution >= 4 is 11.9 Å². The van der Waals surface area contributed by atoms with Crippen LogP contribution in [-0.2, 0) is 14.3 Å². The van der Waals surface area contributed by atoms with Gasteiger partial charge < -0.3 is 19.1 Å². The number of allylic oxidation sites excluding steroid dienone is 3. The van der Waals surface area contributed by atoms with Gasteiger partial charge in [0, 0.05) is 6.20 Å². The third kappa shape index (κ3) is 3.74. The summed E-state index contributed by atoms with van der Waals surface area (Å²) in [5, 5.41) is 0. The number of hydrogen-bond acceptors (Lipinski definition) is 5. The van der Waals surface area contributed by atoms with E-state index in [4.69, 9.17) is 14.2 Å². The van der Waals surface area contributed by atoms with E-state index in [-0.39, 0.29) is 24.2 Å². The average Bonchev–Trinajstić information content (AvgIpc) is 3.03. The number of amides is 1. The van der Waals surface area contributed by atoms with E-state index in [0.29, 0.717) is 18.1 Å². The van der Waals surface area contributed by atoms with E-state index in [1.807, 2.05) is 49.6 Å². The highest BCUT2D eigenvalue weighted by Gasteiger charge is 2.37. The first-order valence-corrected chi connectivity index (χ1v) is 8.85. The molecule has 2 aliphatic rings. The number of fused-ring (bicyclic) bond motifs is 1. The second-order valence-electron chi connectivity index (χ2n) is 6.24. The maximum Gasteiger partial charge on any atom is 0.307 e. The molecular weight excluding hydrogens is 346 g/mol. The first-order chi connectivity index (χ1) is 13.1. The van der Waals surface area contributed by atoms with Crippen LogP contribution in [0.3, 0.4) is 0 Å². The lowest BCUT2D eigenvalue weighted by molar-refractivity contribution is -0.143. The van der Waals surface area contributed by atoms with E-state index in [9.17, 15) is 9.59 Å². The van der Waals surface area contributed by atoms with Gasteiger partial charge in [-0.05, 0) is 30.2 Å². The minimum atomic E-state index is -0.491. The number of benzene rings is 1. The van der Waals surface area contributed by atoms with Gasteiger partial charge in [0.15, 0.2) is 11.5 Å². The Kier molecular flexibility index (Phi) is 5.64. The summed E-state index contributed by atoms with van der Waals surface area (Å²) in [5.41, 5.74) is 1.69. The number of methoxy groups -OCH3 is 2. The summed E-state index contributed by atoms with van der Waals surface area (Å²) < 4.78 is 15.8.